The van der Waals surface area contributed by atoms with Crippen molar-refractivity contribution in [3.8, 4) is 0 Å². The van der Waals surface area contributed by atoms with Crippen LogP contribution in [0.25, 0.3) is 0 Å². The maximum Gasteiger partial charge on any atom is 0.416 e. The number of anilines is 2. The summed E-state index contributed by atoms with van der Waals surface area (Å²) < 4.78 is 38.7. The van der Waals surface area contributed by atoms with Crippen LogP contribution in [-0.2, 0) is 6.18 Å². The molecule has 0 spiro atoms. The first-order chi connectivity index (χ1) is 10.7. The van der Waals surface area contributed by atoms with Gasteiger partial charge in [0.1, 0.15) is 0 Å². The van der Waals surface area contributed by atoms with Crippen LogP contribution in [0.4, 0.5) is 24.5 Å². The van der Waals surface area contributed by atoms with Crippen molar-refractivity contribution in [1.29, 1.82) is 0 Å². The number of nitrogens with zero attached hydrogens (tertiary/aromatic N) is 1. The third-order valence-corrected chi connectivity index (χ3v) is 3.44. The minimum absolute atomic E-state index is 0.123. The molecule has 0 aliphatic heterocycles. The van der Waals surface area contributed by atoms with Crippen LogP contribution >= 0.6 is 0 Å². The lowest BCUT2D eigenvalue weighted by atomic mass is 10.1. The fourth-order valence-corrected chi connectivity index (χ4v) is 2.22. The summed E-state index contributed by atoms with van der Waals surface area (Å²) in [5.74, 6) is -0.439. The highest BCUT2D eigenvalue weighted by molar-refractivity contribution is 6.06. The van der Waals surface area contributed by atoms with Crippen LogP contribution in [0.1, 0.15) is 21.5 Å². The lowest BCUT2D eigenvalue weighted by Gasteiger charge is -2.20. The number of benzene rings is 2. The van der Waals surface area contributed by atoms with Crippen LogP contribution in [0, 0.1) is 6.92 Å². The van der Waals surface area contributed by atoms with E-state index in [4.69, 9.17) is 0 Å². The van der Waals surface area contributed by atoms with Crippen molar-refractivity contribution in [3.05, 3.63) is 59.2 Å². The largest absolute Gasteiger partial charge is 0.416 e. The zero-order chi connectivity index (χ0) is 17.2. The molecule has 0 heterocycles. The van der Waals surface area contributed by atoms with Crippen LogP contribution in [-0.4, -0.2) is 20.0 Å². The molecule has 0 radical (unpaired) electrons. The summed E-state index contributed by atoms with van der Waals surface area (Å²) in [7, 11) is 3.40. The number of aryl methyl sites for hydroxylation is 1. The zero-order valence-electron chi connectivity index (χ0n) is 13.0. The summed E-state index contributed by atoms with van der Waals surface area (Å²) in [6, 6.07) is 10.2. The van der Waals surface area contributed by atoms with Gasteiger partial charge in [0.05, 0.1) is 16.9 Å². The molecule has 122 valence electrons. The van der Waals surface area contributed by atoms with E-state index in [2.05, 4.69) is 5.32 Å². The quantitative estimate of drug-likeness (QED) is 0.912. The van der Waals surface area contributed by atoms with Crippen molar-refractivity contribution in [2.24, 2.45) is 0 Å². The van der Waals surface area contributed by atoms with Crippen molar-refractivity contribution in [1.82, 2.24) is 0 Å². The van der Waals surface area contributed by atoms with E-state index >= 15 is 0 Å². The van der Waals surface area contributed by atoms with Crippen molar-refractivity contribution in [2.75, 3.05) is 24.3 Å². The van der Waals surface area contributed by atoms with E-state index in [0.29, 0.717) is 11.3 Å². The first kappa shape index (κ1) is 16.9. The Kier molecular flexibility index (Phi) is 4.63. The summed E-state index contributed by atoms with van der Waals surface area (Å²) in [6.45, 7) is 1.77. The molecule has 3 nitrogen and oxygen atoms in total. The Labute approximate surface area is 132 Å². The van der Waals surface area contributed by atoms with Gasteiger partial charge in [0, 0.05) is 19.7 Å². The Balaban J connectivity index is 2.41. The maximum absolute atomic E-state index is 12.9. The fourth-order valence-electron chi connectivity index (χ4n) is 2.22. The van der Waals surface area contributed by atoms with Crippen molar-refractivity contribution in [2.45, 2.75) is 13.1 Å². The van der Waals surface area contributed by atoms with E-state index < -0.39 is 17.6 Å². The molecular formula is C17H17F3N2O. The predicted octanol–water partition coefficient (Wildman–Crippen LogP) is 4.33. The molecule has 0 saturated heterocycles. The standard InChI is InChI=1S/C17H17F3N2O/c1-11-6-4-5-7-13(11)16(23)21-14-10-12(17(18,19)20)8-9-15(14)22(2)3/h4-10H,1-3H3,(H,21,23). The molecule has 0 aliphatic rings. The molecule has 2 rings (SSSR count). The van der Waals surface area contributed by atoms with Gasteiger partial charge in [0.15, 0.2) is 0 Å². The van der Waals surface area contributed by atoms with Gasteiger partial charge in [-0.15, -0.1) is 0 Å². The van der Waals surface area contributed by atoms with Gasteiger partial charge in [-0.3, -0.25) is 4.79 Å². The molecule has 2 aromatic rings. The zero-order valence-corrected chi connectivity index (χ0v) is 13.0. The Morgan fingerprint density at radius 2 is 1.74 bits per heavy atom. The number of rotatable bonds is 3. The molecular weight excluding hydrogens is 305 g/mol. The molecule has 0 atom stereocenters. The van der Waals surface area contributed by atoms with E-state index in [1.165, 1.54) is 6.07 Å². The molecule has 23 heavy (non-hydrogen) atoms. The topological polar surface area (TPSA) is 32.3 Å². The number of carbonyl (C=O) groups is 1. The normalized spacial score (nSPS) is 11.2. The SMILES string of the molecule is Cc1ccccc1C(=O)Nc1cc(C(F)(F)F)ccc1N(C)C. The molecule has 0 aliphatic carbocycles. The summed E-state index contributed by atoms with van der Waals surface area (Å²) in [5, 5.41) is 2.58. The number of alkyl halides is 3. The van der Waals surface area contributed by atoms with E-state index in [1.807, 2.05) is 0 Å². The minimum atomic E-state index is -4.47. The lowest BCUT2D eigenvalue weighted by Crippen LogP contribution is -2.18. The van der Waals surface area contributed by atoms with Gasteiger partial charge in [-0.2, -0.15) is 13.2 Å². The average molecular weight is 322 g/mol. The summed E-state index contributed by atoms with van der Waals surface area (Å²) >= 11 is 0. The van der Waals surface area contributed by atoms with Gasteiger partial charge in [-0.25, -0.2) is 0 Å². The maximum atomic E-state index is 12.9. The highest BCUT2D eigenvalue weighted by Crippen LogP contribution is 2.35. The molecule has 6 heteroatoms. The van der Waals surface area contributed by atoms with E-state index in [0.717, 1.165) is 17.7 Å². The van der Waals surface area contributed by atoms with E-state index in [9.17, 15) is 18.0 Å². The second-order valence-corrected chi connectivity index (χ2v) is 5.39. The predicted molar refractivity (Wildman–Crippen MR) is 84.9 cm³/mol. The van der Waals surface area contributed by atoms with Crippen LogP contribution in [0.5, 0.6) is 0 Å². The second kappa shape index (κ2) is 6.32. The minimum Gasteiger partial charge on any atom is -0.376 e. The fraction of sp³-hybridized carbons (Fsp3) is 0.235. The number of nitrogens with one attached hydrogen (secondary N) is 1. The van der Waals surface area contributed by atoms with Gasteiger partial charge in [0.25, 0.3) is 5.91 Å². The Hall–Kier alpha value is -2.50. The highest BCUT2D eigenvalue weighted by atomic mass is 19.4. The van der Waals surface area contributed by atoms with E-state index in [1.54, 1.807) is 50.2 Å². The summed E-state index contributed by atoms with van der Waals surface area (Å²) in [4.78, 5) is 14.0. The number of halogens is 3. The van der Waals surface area contributed by atoms with Gasteiger partial charge < -0.3 is 10.2 Å². The molecule has 1 amide bonds. The monoisotopic (exact) mass is 322 g/mol. The molecule has 2 aromatic carbocycles. The lowest BCUT2D eigenvalue weighted by molar-refractivity contribution is -0.137. The van der Waals surface area contributed by atoms with Crippen LogP contribution in [0.3, 0.4) is 0 Å². The number of carbonyl (C=O) groups excluding carboxylic acids is 1. The molecule has 1 N–H and O–H groups in total. The van der Waals surface area contributed by atoms with Crippen LogP contribution in [0.15, 0.2) is 42.5 Å². The number of hydrogen-bond donors (Lipinski definition) is 1. The number of amides is 1. The summed E-state index contributed by atoms with van der Waals surface area (Å²) in [5.41, 5.74) is 0.999. The first-order valence-corrected chi connectivity index (χ1v) is 6.95. The Morgan fingerprint density at radius 3 is 2.30 bits per heavy atom. The first-order valence-electron chi connectivity index (χ1n) is 6.95. The molecule has 0 saturated carbocycles. The van der Waals surface area contributed by atoms with Crippen molar-refractivity contribution < 1.29 is 18.0 Å². The van der Waals surface area contributed by atoms with E-state index in [-0.39, 0.29) is 5.69 Å². The third kappa shape index (κ3) is 3.83. The number of hydrogen-bond acceptors (Lipinski definition) is 2. The Bertz CT molecular complexity index is 724. The van der Waals surface area contributed by atoms with Gasteiger partial charge >= 0.3 is 6.18 Å². The molecule has 0 fully saturated rings. The van der Waals surface area contributed by atoms with Crippen LogP contribution in [0.2, 0.25) is 0 Å². The van der Waals surface area contributed by atoms with Gasteiger partial charge in [-0.1, -0.05) is 18.2 Å². The second-order valence-electron chi connectivity index (χ2n) is 5.39. The van der Waals surface area contributed by atoms with Gasteiger partial charge in [-0.05, 0) is 36.8 Å². The molecule has 0 unspecified atom stereocenters. The molecule has 0 aromatic heterocycles. The van der Waals surface area contributed by atoms with Crippen molar-refractivity contribution in [3.63, 3.8) is 0 Å². The van der Waals surface area contributed by atoms with Crippen LogP contribution < -0.4 is 10.2 Å². The summed E-state index contributed by atoms with van der Waals surface area (Å²) in [6.07, 6.45) is -4.47. The smallest absolute Gasteiger partial charge is 0.376 e. The molecule has 0 bridgehead atoms. The Morgan fingerprint density at radius 1 is 1.09 bits per heavy atom. The highest BCUT2D eigenvalue weighted by Gasteiger charge is 2.31. The average Bonchev–Trinajstić information content (AvgIpc) is 2.46. The van der Waals surface area contributed by atoms with Gasteiger partial charge in [0.2, 0.25) is 0 Å². The third-order valence-electron chi connectivity index (χ3n) is 3.44. The van der Waals surface area contributed by atoms with Crippen molar-refractivity contribution >= 4 is 17.3 Å².